The molecule has 0 spiro atoms. The summed E-state index contributed by atoms with van der Waals surface area (Å²) in [6.07, 6.45) is 2.38. The quantitative estimate of drug-likeness (QED) is 0.925. The van der Waals surface area contributed by atoms with Crippen LogP contribution in [-0.2, 0) is 17.8 Å². The fourth-order valence-corrected chi connectivity index (χ4v) is 3.02. The van der Waals surface area contributed by atoms with Crippen LogP contribution >= 0.6 is 11.6 Å². The average molecular weight is 346 g/mol. The van der Waals surface area contributed by atoms with Crippen LogP contribution < -0.4 is 15.0 Å². The first-order valence-electron chi connectivity index (χ1n) is 7.84. The van der Waals surface area contributed by atoms with Gasteiger partial charge in [0.25, 0.3) is 0 Å². The van der Waals surface area contributed by atoms with E-state index in [0.717, 1.165) is 22.7 Å². The second kappa shape index (κ2) is 7.09. The molecule has 6 heteroatoms. The minimum atomic E-state index is -0.213. The summed E-state index contributed by atoms with van der Waals surface area (Å²) in [7, 11) is 3.87. The molecule has 2 aromatic rings. The highest BCUT2D eigenvalue weighted by atomic mass is 35.5. The third-order valence-corrected chi connectivity index (χ3v) is 4.28. The van der Waals surface area contributed by atoms with Crippen LogP contribution in [0.15, 0.2) is 36.5 Å². The highest BCUT2D eigenvalue weighted by Crippen LogP contribution is 2.29. The molecule has 2 heterocycles. The SMILES string of the molecule is CN(C)c1ncccc1CNC(=O)[C@H]1COc2ccc(Cl)cc2C1. The number of nitrogens with one attached hydrogen (secondary N) is 1. The molecule has 0 radical (unpaired) electrons. The van der Waals surface area contributed by atoms with Gasteiger partial charge in [0.1, 0.15) is 18.2 Å². The number of hydrogen-bond acceptors (Lipinski definition) is 4. The number of benzene rings is 1. The zero-order valence-electron chi connectivity index (χ0n) is 13.8. The Morgan fingerprint density at radius 2 is 2.25 bits per heavy atom. The number of halogens is 1. The summed E-state index contributed by atoms with van der Waals surface area (Å²) in [4.78, 5) is 18.8. The van der Waals surface area contributed by atoms with Crippen LogP contribution in [0.2, 0.25) is 5.02 Å². The van der Waals surface area contributed by atoms with E-state index in [0.29, 0.717) is 24.6 Å². The summed E-state index contributed by atoms with van der Waals surface area (Å²) in [5.41, 5.74) is 1.96. The van der Waals surface area contributed by atoms with Gasteiger partial charge in [-0.15, -0.1) is 0 Å². The van der Waals surface area contributed by atoms with Crippen molar-refractivity contribution >= 4 is 23.3 Å². The van der Waals surface area contributed by atoms with Crippen LogP contribution in [-0.4, -0.2) is 31.6 Å². The smallest absolute Gasteiger partial charge is 0.227 e. The van der Waals surface area contributed by atoms with E-state index in [-0.39, 0.29) is 11.8 Å². The van der Waals surface area contributed by atoms with Gasteiger partial charge in [-0.1, -0.05) is 17.7 Å². The van der Waals surface area contributed by atoms with Crippen LogP contribution in [0.5, 0.6) is 5.75 Å². The number of ether oxygens (including phenoxy) is 1. The Morgan fingerprint density at radius 3 is 3.04 bits per heavy atom. The molecule has 1 aliphatic rings. The predicted molar refractivity (Wildman–Crippen MR) is 94.6 cm³/mol. The summed E-state index contributed by atoms with van der Waals surface area (Å²) in [5.74, 6) is 1.44. The molecule has 1 aromatic carbocycles. The van der Waals surface area contributed by atoms with E-state index in [1.165, 1.54) is 0 Å². The first-order chi connectivity index (χ1) is 11.5. The van der Waals surface area contributed by atoms with Crippen LogP contribution in [0.25, 0.3) is 0 Å². The van der Waals surface area contributed by atoms with E-state index >= 15 is 0 Å². The van der Waals surface area contributed by atoms with Crippen molar-refractivity contribution in [2.75, 3.05) is 25.6 Å². The molecule has 0 saturated carbocycles. The van der Waals surface area contributed by atoms with E-state index in [4.69, 9.17) is 16.3 Å². The maximum absolute atomic E-state index is 12.5. The van der Waals surface area contributed by atoms with Gasteiger partial charge in [-0.05, 0) is 36.2 Å². The van der Waals surface area contributed by atoms with Gasteiger partial charge < -0.3 is 15.0 Å². The third-order valence-electron chi connectivity index (χ3n) is 4.04. The second-order valence-corrected chi connectivity index (χ2v) is 6.50. The number of hydrogen-bond donors (Lipinski definition) is 1. The summed E-state index contributed by atoms with van der Waals surface area (Å²) >= 11 is 6.02. The fourth-order valence-electron chi connectivity index (χ4n) is 2.83. The number of aromatic nitrogens is 1. The minimum Gasteiger partial charge on any atom is -0.492 e. The van der Waals surface area contributed by atoms with Gasteiger partial charge in [-0.25, -0.2) is 4.98 Å². The van der Waals surface area contributed by atoms with Crippen LogP contribution in [0, 0.1) is 5.92 Å². The number of carbonyl (C=O) groups is 1. The van der Waals surface area contributed by atoms with Gasteiger partial charge in [0.05, 0.1) is 5.92 Å². The van der Waals surface area contributed by atoms with E-state index in [1.807, 2.05) is 43.3 Å². The molecule has 0 saturated heterocycles. The van der Waals surface area contributed by atoms with Gasteiger partial charge in [0.2, 0.25) is 5.91 Å². The molecule has 0 bridgehead atoms. The van der Waals surface area contributed by atoms with Crippen LogP contribution in [0.3, 0.4) is 0 Å². The Balaban J connectivity index is 1.64. The molecule has 5 nitrogen and oxygen atoms in total. The molecular formula is C18H20ClN3O2. The van der Waals surface area contributed by atoms with Crippen LogP contribution in [0.1, 0.15) is 11.1 Å². The van der Waals surface area contributed by atoms with Gasteiger partial charge in [0.15, 0.2) is 0 Å². The van der Waals surface area contributed by atoms with Crippen molar-refractivity contribution in [3.63, 3.8) is 0 Å². The Labute approximate surface area is 146 Å². The number of amides is 1. The highest BCUT2D eigenvalue weighted by Gasteiger charge is 2.26. The lowest BCUT2D eigenvalue weighted by Crippen LogP contribution is -2.37. The maximum atomic E-state index is 12.5. The molecule has 1 amide bonds. The molecule has 1 aliphatic heterocycles. The van der Waals surface area contributed by atoms with E-state index in [9.17, 15) is 4.79 Å². The minimum absolute atomic E-state index is 0.0193. The molecule has 1 aromatic heterocycles. The maximum Gasteiger partial charge on any atom is 0.227 e. The first-order valence-corrected chi connectivity index (χ1v) is 8.22. The Kier molecular flexibility index (Phi) is 4.90. The number of fused-ring (bicyclic) bond motifs is 1. The van der Waals surface area contributed by atoms with E-state index in [2.05, 4.69) is 10.3 Å². The Hall–Kier alpha value is -2.27. The van der Waals surface area contributed by atoms with Crippen molar-refractivity contribution < 1.29 is 9.53 Å². The average Bonchev–Trinajstić information content (AvgIpc) is 2.59. The highest BCUT2D eigenvalue weighted by molar-refractivity contribution is 6.30. The normalized spacial score (nSPS) is 16.0. The van der Waals surface area contributed by atoms with Gasteiger partial charge in [0, 0.05) is 37.4 Å². The topological polar surface area (TPSA) is 54.5 Å². The predicted octanol–water partition coefficient (Wildman–Crippen LogP) is 2.67. The number of rotatable bonds is 4. The van der Waals surface area contributed by atoms with Crippen molar-refractivity contribution in [3.05, 3.63) is 52.7 Å². The van der Waals surface area contributed by atoms with Gasteiger partial charge >= 0.3 is 0 Å². The molecule has 126 valence electrons. The first kappa shape index (κ1) is 16.6. The summed E-state index contributed by atoms with van der Waals surface area (Å²) in [6, 6.07) is 9.35. The zero-order chi connectivity index (χ0) is 17.1. The monoisotopic (exact) mass is 345 g/mol. The molecule has 1 atom stereocenters. The van der Waals surface area contributed by atoms with Gasteiger partial charge in [-0.2, -0.15) is 0 Å². The number of nitrogens with zero attached hydrogens (tertiary/aromatic N) is 2. The largest absolute Gasteiger partial charge is 0.492 e. The summed E-state index contributed by atoms with van der Waals surface area (Å²) in [6.45, 7) is 0.827. The fraction of sp³-hybridized carbons (Fsp3) is 0.333. The Morgan fingerprint density at radius 1 is 1.42 bits per heavy atom. The van der Waals surface area contributed by atoms with E-state index in [1.54, 1.807) is 12.3 Å². The molecule has 24 heavy (non-hydrogen) atoms. The van der Waals surface area contributed by atoms with E-state index < -0.39 is 0 Å². The van der Waals surface area contributed by atoms with Crippen LogP contribution in [0.4, 0.5) is 5.82 Å². The number of pyridine rings is 1. The summed E-state index contributed by atoms with van der Waals surface area (Å²) in [5, 5.41) is 3.65. The van der Waals surface area contributed by atoms with Crippen molar-refractivity contribution in [1.29, 1.82) is 0 Å². The second-order valence-electron chi connectivity index (χ2n) is 6.06. The molecule has 0 unspecified atom stereocenters. The molecule has 0 aliphatic carbocycles. The Bertz CT molecular complexity index is 749. The third kappa shape index (κ3) is 3.62. The number of anilines is 1. The summed E-state index contributed by atoms with van der Waals surface area (Å²) < 4.78 is 5.69. The standard InChI is InChI=1S/C18H20ClN3O2/c1-22(2)17-12(4-3-7-20-17)10-21-18(23)14-8-13-9-15(19)5-6-16(13)24-11-14/h3-7,9,14H,8,10-11H2,1-2H3,(H,21,23)/t14-/m1/s1. The molecule has 0 fully saturated rings. The molecule has 1 N–H and O–H groups in total. The number of carbonyl (C=O) groups excluding carboxylic acids is 1. The lowest BCUT2D eigenvalue weighted by molar-refractivity contribution is -0.126. The lowest BCUT2D eigenvalue weighted by Gasteiger charge is -2.25. The molecule has 3 rings (SSSR count). The van der Waals surface area contributed by atoms with Crippen molar-refractivity contribution in [2.45, 2.75) is 13.0 Å². The zero-order valence-corrected chi connectivity index (χ0v) is 14.5. The van der Waals surface area contributed by atoms with Crippen molar-refractivity contribution in [3.8, 4) is 5.75 Å². The lowest BCUT2D eigenvalue weighted by atomic mass is 9.96. The van der Waals surface area contributed by atoms with Crippen molar-refractivity contribution in [2.24, 2.45) is 5.92 Å². The van der Waals surface area contributed by atoms with Crippen molar-refractivity contribution in [1.82, 2.24) is 10.3 Å². The van der Waals surface area contributed by atoms with Gasteiger partial charge in [-0.3, -0.25) is 4.79 Å². The molecular weight excluding hydrogens is 326 g/mol.